The van der Waals surface area contributed by atoms with Gasteiger partial charge in [-0.3, -0.25) is 9.69 Å². The molecule has 0 saturated carbocycles. The van der Waals surface area contributed by atoms with E-state index in [2.05, 4.69) is 29.3 Å². The zero-order chi connectivity index (χ0) is 18.4. The van der Waals surface area contributed by atoms with E-state index in [4.69, 9.17) is 4.74 Å². The van der Waals surface area contributed by atoms with Crippen molar-refractivity contribution in [2.45, 2.75) is 32.9 Å². The molecule has 4 heteroatoms. The summed E-state index contributed by atoms with van der Waals surface area (Å²) in [6.45, 7) is 6.15. The Kier molecular flexibility index (Phi) is 6.29. The van der Waals surface area contributed by atoms with E-state index in [-0.39, 0.29) is 5.91 Å². The number of methoxy groups -OCH3 is 1. The second kappa shape index (κ2) is 8.86. The van der Waals surface area contributed by atoms with E-state index in [1.54, 1.807) is 7.11 Å². The second-order valence-corrected chi connectivity index (χ2v) is 7.21. The molecule has 0 spiro atoms. The van der Waals surface area contributed by atoms with Crippen LogP contribution in [0.4, 0.5) is 0 Å². The third kappa shape index (κ3) is 5.09. The highest BCUT2D eigenvalue weighted by molar-refractivity contribution is 5.94. The number of carbonyl (C=O) groups is 1. The van der Waals surface area contributed by atoms with Crippen LogP contribution in [0.3, 0.4) is 0 Å². The van der Waals surface area contributed by atoms with Crippen LogP contribution in [0.5, 0.6) is 5.75 Å². The monoisotopic (exact) mass is 352 g/mol. The average molecular weight is 352 g/mol. The molecule has 4 nitrogen and oxygen atoms in total. The predicted molar refractivity (Wildman–Crippen MR) is 104 cm³/mol. The molecule has 26 heavy (non-hydrogen) atoms. The van der Waals surface area contributed by atoms with E-state index in [0.717, 1.165) is 23.8 Å². The minimum absolute atomic E-state index is 0.0426. The SMILES string of the molecule is COc1ccc(CNC(=O)c2ccc(CN3CCC[C@@H](C)C3)cc2)cc1. The van der Waals surface area contributed by atoms with Gasteiger partial charge in [0.25, 0.3) is 5.91 Å². The average Bonchev–Trinajstić information content (AvgIpc) is 2.67. The number of likely N-dealkylation sites (tertiary alicyclic amines) is 1. The molecule has 1 aliphatic rings. The normalized spacial score (nSPS) is 17.7. The number of hydrogen-bond donors (Lipinski definition) is 1. The van der Waals surface area contributed by atoms with Gasteiger partial charge in [-0.25, -0.2) is 0 Å². The first-order valence-corrected chi connectivity index (χ1v) is 9.36. The lowest BCUT2D eigenvalue weighted by Crippen LogP contribution is -2.33. The predicted octanol–water partition coefficient (Wildman–Crippen LogP) is 3.86. The molecule has 1 aliphatic heterocycles. The Balaban J connectivity index is 1.51. The summed E-state index contributed by atoms with van der Waals surface area (Å²) in [5.41, 5.74) is 3.02. The Labute approximate surface area is 156 Å². The van der Waals surface area contributed by atoms with E-state index in [1.807, 2.05) is 36.4 Å². The van der Waals surface area contributed by atoms with Crippen molar-refractivity contribution in [1.29, 1.82) is 0 Å². The van der Waals surface area contributed by atoms with E-state index < -0.39 is 0 Å². The smallest absolute Gasteiger partial charge is 0.251 e. The maximum Gasteiger partial charge on any atom is 0.251 e. The number of hydrogen-bond acceptors (Lipinski definition) is 3. The summed E-state index contributed by atoms with van der Waals surface area (Å²) in [7, 11) is 1.65. The Hall–Kier alpha value is -2.33. The van der Waals surface area contributed by atoms with Crippen LogP contribution < -0.4 is 10.1 Å². The standard InChI is InChI=1S/C22H28N2O2/c1-17-4-3-13-24(15-17)16-19-5-9-20(10-6-19)22(25)23-14-18-7-11-21(26-2)12-8-18/h5-12,17H,3-4,13-16H2,1-2H3,(H,23,25)/t17-/m1/s1. The van der Waals surface area contributed by atoms with Crippen molar-refractivity contribution in [3.05, 3.63) is 65.2 Å². The molecule has 1 N–H and O–H groups in total. The number of nitrogens with one attached hydrogen (secondary N) is 1. The maximum absolute atomic E-state index is 12.3. The number of benzene rings is 2. The molecule has 2 aromatic carbocycles. The van der Waals surface area contributed by atoms with E-state index in [1.165, 1.54) is 31.5 Å². The van der Waals surface area contributed by atoms with Gasteiger partial charge < -0.3 is 10.1 Å². The molecule has 0 aromatic heterocycles. The van der Waals surface area contributed by atoms with Crippen LogP contribution in [0.1, 0.15) is 41.3 Å². The first-order chi connectivity index (χ1) is 12.6. The molecule has 1 saturated heterocycles. The van der Waals surface area contributed by atoms with Gasteiger partial charge in [-0.2, -0.15) is 0 Å². The van der Waals surface area contributed by atoms with Gasteiger partial charge >= 0.3 is 0 Å². The van der Waals surface area contributed by atoms with Crippen LogP contribution >= 0.6 is 0 Å². The van der Waals surface area contributed by atoms with E-state index in [9.17, 15) is 4.79 Å². The Bertz CT molecular complexity index is 710. The Morgan fingerprint density at radius 2 is 1.81 bits per heavy atom. The highest BCUT2D eigenvalue weighted by Crippen LogP contribution is 2.18. The summed E-state index contributed by atoms with van der Waals surface area (Å²) < 4.78 is 5.14. The van der Waals surface area contributed by atoms with Gasteiger partial charge in [-0.05, 0) is 60.7 Å². The van der Waals surface area contributed by atoms with Crippen LogP contribution in [0.25, 0.3) is 0 Å². The molecule has 0 bridgehead atoms. The molecule has 2 aromatic rings. The Morgan fingerprint density at radius 3 is 2.46 bits per heavy atom. The van der Waals surface area contributed by atoms with Crippen molar-refractivity contribution in [2.75, 3.05) is 20.2 Å². The van der Waals surface area contributed by atoms with E-state index >= 15 is 0 Å². The first-order valence-electron chi connectivity index (χ1n) is 9.36. The molecule has 1 atom stereocenters. The van der Waals surface area contributed by atoms with Crippen molar-refractivity contribution < 1.29 is 9.53 Å². The topological polar surface area (TPSA) is 41.6 Å². The number of carbonyl (C=O) groups excluding carboxylic acids is 1. The highest BCUT2D eigenvalue weighted by atomic mass is 16.5. The molecule has 1 heterocycles. The number of piperidine rings is 1. The van der Waals surface area contributed by atoms with Gasteiger partial charge in [0.15, 0.2) is 0 Å². The fourth-order valence-electron chi connectivity index (χ4n) is 3.48. The molecule has 1 fully saturated rings. The number of rotatable bonds is 6. The first kappa shape index (κ1) is 18.5. The molecule has 0 aliphatic carbocycles. The molecule has 1 amide bonds. The zero-order valence-electron chi connectivity index (χ0n) is 15.7. The van der Waals surface area contributed by atoms with Crippen LogP contribution in [0, 0.1) is 5.92 Å². The molecule has 138 valence electrons. The van der Waals surface area contributed by atoms with Crippen LogP contribution in [-0.4, -0.2) is 31.0 Å². The summed E-state index contributed by atoms with van der Waals surface area (Å²) >= 11 is 0. The lowest BCUT2D eigenvalue weighted by Gasteiger charge is -2.30. The fourth-order valence-corrected chi connectivity index (χ4v) is 3.48. The molecular weight excluding hydrogens is 324 g/mol. The molecular formula is C22H28N2O2. The highest BCUT2D eigenvalue weighted by Gasteiger charge is 2.16. The summed E-state index contributed by atoms with van der Waals surface area (Å²) in [5.74, 6) is 1.56. The van der Waals surface area contributed by atoms with Crippen molar-refractivity contribution in [2.24, 2.45) is 5.92 Å². The third-order valence-corrected chi connectivity index (χ3v) is 4.98. The quantitative estimate of drug-likeness (QED) is 0.858. The lowest BCUT2D eigenvalue weighted by atomic mass is 9.99. The maximum atomic E-state index is 12.3. The van der Waals surface area contributed by atoms with Crippen LogP contribution in [-0.2, 0) is 13.1 Å². The summed E-state index contributed by atoms with van der Waals surface area (Å²) in [4.78, 5) is 14.8. The van der Waals surface area contributed by atoms with Gasteiger partial charge in [0.2, 0.25) is 0 Å². The largest absolute Gasteiger partial charge is 0.497 e. The number of ether oxygens (including phenoxy) is 1. The molecule has 0 radical (unpaired) electrons. The zero-order valence-corrected chi connectivity index (χ0v) is 15.7. The van der Waals surface area contributed by atoms with Gasteiger partial charge in [-0.1, -0.05) is 31.2 Å². The molecule has 0 unspecified atom stereocenters. The lowest BCUT2D eigenvalue weighted by molar-refractivity contribution is 0.0951. The summed E-state index contributed by atoms with van der Waals surface area (Å²) in [6, 6.07) is 15.7. The van der Waals surface area contributed by atoms with Crippen LogP contribution in [0.2, 0.25) is 0 Å². The van der Waals surface area contributed by atoms with Gasteiger partial charge in [0, 0.05) is 25.2 Å². The van der Waals surface area contributed by atoms with Crippen molar-refractivity contribution in [3.8, 4) is 5.75 Å². The second-order valence-electron chi connectivity index (χ2n) is 7.21. The Morgan fingerprint density at radius 1 is 1.12 bits per heavy atom. The summed E-state index contributed by atoms with van der Waals surface area (Å²) in [6.07, 6.45) is 2.62. The van der Waals surface area contributed by atoms with Crippen LogP contribution in [0.15, 0.2) is 48.5 Å². The minimum Gasteiger partial charge on any atom is -0.497 e. The fraction of sp³-hybridized carbons (Fsp3) is 0.409. The number of amides is 1. The van der Waals surface area contributed by atoms with E-state index in [0.29, 0.717) is 12.1 Å². The summed E-state index contributed by atoms with van der Waals surface area (Å²) in [5, 5.41) is 2.97. The van der Waals surface area contributed by atoms with Crippen molar-refractivity contribution in [1.82, 2.24) is 10.2 Å². The number of nitrogens with zero attached hydrogens (tertiary/aromatic N) is 1. The van der Waals surface area contributed by atoms with Crippen molar-refractivity contribution in [3.63, 3.8) is 0 Å². The van der Waals surface area contributed by atoms with Gasteiger partial charge in [0.05, 0.1) is 7.11 Å². The molecule has 3 rings (SSSR count). The van der Waals surface area contributed by atoms with Gasteiger partial charge in [-0.15, -0.1) is 0 Å². The van der Waals surface area contributed by atoms with Crippen molar-refractivity contribution >= 4 is 5.91 Å². The van der Waals surface area contributed by atoms with Gasteiger partial charge in [0.1, 0.15) is 5.75 Å². The minimum atomic E-state index is -0.0426. The third-order valence-electron chi connectivity index (χ3n) is 4.98.